The predicted molar refractivity (Wildman–Crippen MR) is 92.0 cm³/mol. The van der Waals surface area contributed by atoms with E-state index < -0.39 is 70.7 Å². The molecule has 0 saturated heterocycles. The van der Waals surface area contributed by atoms with Crippen molar-refractivity contribution in [2.75, 3.05) is 14.2 Å². The van der Waals surface area contributed by atoms with Gasteiger partial charge in [-0.2, -0.15) is 26.3 Å². The van der Waals surface area contributed by atoms with E-state index in [1.807, 2.05) is 0 Å². The third-order valence-corrected chi connectivity index (χ3v) is 4.36. The average molecular weight is 473 g/mol. The maximum atomic E-state index is 13.0. The summed E-state index contributed by atoms with van der Waals surface area (Å²) in [5.74, 6) is -9.34. The molecule has 8 nitrogen and oxygen atoms in total. The number of hydrogen-bond donors (Lipinski definition) is 2. The molecule has 178 valence electrons. The zero-order chi connectivity index (χ0) is 25.0. The van der Waals surface area contributed by atoms with Gasteiger partial charge in [0, 0.05) is 11.5 Å². The molecule has 1 aromatic carbocycles. The molecule has 1 rings (SSSR count). The van der Waals surface area contributed by atoms with Crippen LogP contribution in [-0.2, 0) is 36.2 Å². The van der Waals surface area contributed by atoms with Gasteiger partial charge in [-0.15, -0.1) is 0 Å². The van der Waals surface area contributed by atoms with E-state index in [1.54, 1.807) is 5.32 Å². The van der Waals surface area contributed by atoms with Gasteiger partial charge >= 0.3 is 30.3 Å². The Morgan fingerprint density at radius 3 is 1.59 bits per heavy atom. The number of carboxylic acids is 1. The Bertz CT molecular complexity index is 849. The van der Waals surface area contributed by atoms with Gasteiger partial charge in [0.1, 0.15) is 6.04 Å². The van der Waals surface area contributed by atoms with Crippen molar-refractivity contribution in [2.45, 2.75) is 25.3 Å². The number of rotatable bonds is 7. The summed E-state index contributed by atoms with van der Waals surface area (Å²) >= 11 is 0. The van der Waals surface area contributed by atoms with Crippen LogP contribution in [-0.4, -0.2) is 49.2 Å². The van der Waals surface area contributed by atoms with Gasteiger partial charge in [-0.25, -0.2) is 4.79 Å². The molecular formula is C18H17F6NO7. The molecule has 0 fully saturated rings. The standard InChI is InChI=1S/C18H17F6NO7/c1-7(11(15(29)31-2)16(30)32-3)12(14(27)28)25-13(26)8-4-9(17(19,20)21)6-10(5-8)18(22,23)24/h4-7,11-12H,1-3H3,(H,25,26)(H,27,28)/t7-,12-/m0/s1. The summed E-state index contributed by atoms with van der Waals surface area (Å²) in [4.78, 5) is 47.7. The van der Waals surface area contributed by atoms with Crippen molar-refractivity contribution in [3.63, 3.8) is 0 Å². The molecule has 1 amide bonds. The fourth-order valence-electron chi connectivity index (χ4n) is 2.70. The summed E-state index contributed by atoms with van der Waals surface area (Å²) in [7, 11) is 1.75. The van der Waals surface area contributed by atoms with E-state index in [4.69, 9.17) is 0 Å². The predicted octanol–water partition coefficient (Wildman–Crippen LogP) is 2.51. The molecule has 2 N–H and O–H groups in total. The molecular weight excluding hydrogens is 456 g/mol. The van der Waals surface area contributed by atoms with Gasteiger partial charge < -0.3 is 19.9 Å². The van der Waals surface area contributed by atoms with Crippen LogP contribution in [0.1, 0.15) is 28.4 Å². The van der Waals surface area contributed by atoms with Crippen molar-refractivity contribution in [1.82, 2.24) is 5.32 Å². The molecule has 0 aliphatic heterocycles. The van der Waals surface area contributed by atoms with Gasteiger partial charge in [-0.05, 0) is 18.2 Å². The lowest BCUT2D eigenvalue weighted by molar-refractivity contribution is -0.162. The first kappa shape index (κ1) is 26.7. The van der Waals surface area contributed by atoms with Crippen LogP contribution in [0.25, 0.3) is 0 Å². The van der Waals surface area contributed by atoms with Crippen molar-refractivity contribution in [2.24, 2.45) is 11.8 Å². The Morgan fingerprint density at radius 2 is 1.28 bits per heavy atom. The van der Waals surface area contributed by atoms with Gasteiger partial charge in [-0.3, -0.25) is 14.4 Å². The zero-order valence-electron chi connectivity index (χ0n) is 16.6. The largest absolute Gasteiger partial charge is 0.480 e. The molecule has 2 atom stereocenters. The summed E-state index contributed by atoms with van der Waals surface area (Å²) in [6.07, 6.45) is -10.5. The quantitative estimate of drug-likeness (QED) is 0.355. The van der Waals surface area contributed by atoms with E-state index in [9.17, 15) is 50.6 Å². The number of nitrogens with one attached hydrogen (secondary N) is 1. The van der Waals surface area contributed by atoms with Gasteiger partial charge in [0.15, 0.2) is 5.92 Å². The number of carbonyl (C=O) groups excluding carboxylic acids is 3. The second-order valence-electron chi connectivity index (χ2n) is 6.47. The molecule has 0 unspecified atom stereocenters. The Labute approximate surface area is 176 Å². The average Bonchev–Trinajstić information content (AvgIpc) is 2.69. The normalized spacial score (nSPS) is 13.8. The Morgan fingerprint density at radius 1 is 0.875 bits per heavy atom. The van der Waals surface area contributed by atoms with E-state index in [1.165, 1.54) is 0 Å². The molecule has 0 radical (unpaired) electrons. The number of methoxy groups -OCH3 is 2. The summed E-state index contributed by atoms with van der Waals surface area (Å²) < 4.78 is 86.7. The minimum Gasteiger partial charge on any atom is -0.480 e. The molecule has 14 heteroatoms. The number of ether oxygens (including phenoxy) is 2. The number of hydrogen-bond acceptors (Lipinski definition) is 6. The molecule has 32 heavy (non-hydrogen) atoms. The minimum absolute atomic E-state index is 0.103. The summed E-state index contributed by atoms with van der Waals surface area (Å²) in [5.41, 5.74) is -4.72. The molecule has 0 aliphatic carbocycles. The molecule has 0 aliphatic rings. The van der Waals surface area contributed by atoms with Gasteiger partial charge in [0.2, 0.25) is 0 Å². The lowest BCUT2D eigenvalue weighted by Crippen LogP contribution is -2.50. The van der Waals surface area contributed by atoms with Crippen molar-refractivity contribution < 1.29 is 60.1 Å². The number of halogens is 6. The Kier molecular flexibility index (Phi) is 8.24. The minimum atomic E-state index is -5.24. The monoisotopic (exact) mass is 473 g/mol. The van der Waals surface area contributed by atoms with Crippen LogP contribution in [0.15, 0.2) is 18.2 Å². The van der Waals surface area contributed by atoms with Crippen LogP contribution in [0.4, 0.5) is 26.3 Å². The third kappa shape index (κ3) is 6.34. The van der Waals surface area contributed by atoms with Crippen LogP contribution in [0.5, 0.6) is 0 Å². The van der Waals surface area contributed by atoms with Crippen LogP contribution in [0, 0.1) is 11.8 Å². The number of carbonyl (C=O) groups is 4. The summed E-state index contributed by atoms with van der Waals surface area (Å²) in [5, 5.41) is 11.1. The van der Waals surface area contributed by atoms with E-state index in [0.29, 0.717) is 0 Å². The second-order valence-corrected chi connectivity index (χ2v) is 6.47. The Balaban J connectivity index is 3.41. The highest BCUT2D eigenvalue weighted by Crippen LogP contribution is 2.36. The van der Waals surface area contributed by atoms with E-state index >= 15 is 0 Å². The summed E-state index contributed by atoms with van der Waals surface area (Å²) in [6.45, 7) is 1.02. The van der Waals surface area contributed by atoms with Crippen LogP contribution in [0.2, 0.25) is 0 Å². The van der Waals surface area contributed by atoms with Crippen LogP contribution < -0.4 is 5.32 Å². The van der Waals surface area contributed by atoms with Crippen molar-refractivity contribution in [3.8, 4) is 0 Å². The lowest BCUT2D eigenvalue weighted by atomic mass is 9.87. The van der Waals surface area contributed by atoms with E-state index in [-0.39, 0.29) is 18.2 Å². The number of esters is 2. The van der Waals surface area contributed by atoms with Gasteiger partial charge in [0.25, 0.3) is 5.91 Å². The van der Waals surface area contributed by atoms with Crippen molar-refractivity contribution in [1.29, 1.82) is 0 Å². The first-order chi connectivity index (χ1) is 14.5. The fraction of sp³-hybridized carbons (Fsp3) is 0.444. The first-order valence-corrected chi connectivity index (χ1v) is 8.53. The number of carboxylic acid groups (broad SMARTS) is 1. The number of alkyl halides is 6. The smallest absolute Gasteiger partial charge is 0.416 e. The SMILES string of the molecule is COC(=O)C(C(=O)OC)[C@H](C)[C@H](NC(=O)c1cc(C(F)(F)F)cc(C(F)(F)F)c1)C(=O)O. The zero-order valence-corrected chi connectivity index (χ0v) is 16.6. The highest BCUT2D eigenvalue weighted by molar-refractivity contribution is 5.99. The van der Waals surface area contributed by atoms with Gasteiger partial charge in [0.05, 0.1) is 25.3 Å². The maximum Gasteiger partial charge on any atom is 0.416 e. The van der Waals surface area contributed by atoms with E-state index in [0.717, 1.165) is 21.1 Å². The molecule has 0 saturated carbocycles. The molecule has 0 heterocycles. The van der Waals surface area contributed by atoms with Crippen LogP contribution >= 0.6 is 0 Å². The highest BCUT2D eigenvalue weighted by atomic mass is 19.4. The molecule has 0 bridgehead atoms. The first-order valence-electron chi connectivity index (χ1n) is 8.53. The molecule has 0 spiro atoms. The van der Waals surface area contributed by atoms with E-state index in [2.05, 4.69) is 9.47 Å². The van der Waals surface area contributed by atoms with Crippen molar-refractivity contribution in [3.05, 3.63) is 34.9 Å². The summed E-state index contributed by atoms with van der Waals surface area (Å²) in [6, 6.07) is -2.09. The lowest BCUT2D eigenvalue weighted by Gasteiger charge is -2.26. The number of amides is 1. The van der Waals surface area contributed by atoms with Gasteiger partial charge in [-0.1, -0.05) is 6.92 Å². The fourth-order valence-corrected chi connectivity index (χ4v) is 2.70. The third-order valence-electron chi connectivity index (χ3n) is 4.36. The van der Waals surface area contributed by atoms with Crippen molar-refractivity contribution >= 4 is 23.8 Å². The number of aliphatic carboxylic acids is 1. The maximum absolute atomic E-state index is 13.0. The Hall–Kier alpha value is -3.32. The molecule has 0 aromatic heterocycles. The number of benzene rings is 1. The molecule has 1 aromatic rings. The highest BCUT2D eigenvalue weighted by Gasteiger charge is 2.43. The second kappa shape index (κ2) is 9.87. The van der Waals surface area contributed by atoms with Crippen LogP contribution in [0.3, 0.4) is 0 Å². The topological polar surface area (TPSA) is 119 Å².